The highest BCUT2D eigenvalue weighted by molar-refractivity contribution is 5.07. The summed E-state index contributed by atoms with van der Waals surface area (Å²) in [5.41, 5.74) is 0. The quantitative estimate of drug-likeness (QED) is 0.793. The number of hydrogen-bond acceptors (Lipinski definition) is 4. The number of furan rings is 1. The Morgan fingerprint density at radius 3 is 2.80 bits per heavy atom. The molecule has 1 aliphatic heterocycles. The Morgan fingerprint density at radius 2 is 2.10 bits per heavy atom. The van der Waals surface area contributed by atoms with E-state index in [9.17, 15) is 0 Å². The minimum atomic E-state index is 0.418. The van der Waals surface area contributed by atoms with Gasteiger partial charge in [0, 0.05) is 19.2 Å². The van der Waals surface area contributed by atoms with Gasteiger partial charge in [-0.2, -0.15) is 0 Å². The number of nitrogens with one attached hydrogen (secondary N) is 1. The number of nitrogens with zero attached hydrogens (tertiary/aromatic N) is 1. The largest absolute Gasteiger partial charge is 0.463 e. The van der Waals surface area contributed by atoms with E-state index >= 15 is 0 Å². The molecule has 20 heavy (non-hydrogen) atoms. The average molecular weight is 278 g/mol. The third-order valence-corrected chi connectivity index (χ3v) is 4.17. The number of rotatable bonds is 8. The minimum Gasteiger partial charge on any atom is -0.463 e. The van der Waals surface area contributed by atoms with E-state index in [1.165, 1.54) is 25.7 Å². The first kappa shape index (κ1) is 14.1. The molecule has 1 N–H and O–H groups in total. The van der Waals surface area contributed by atoms with Gasteiger partial charge < -0.3 is 14.5 Å². The molecule has 4 heteroatoms. The summed E-state index contributed by atoms with van der Waals surface area (Å²) in [5.74, 6) is 2.12. The van der Waals surface area contributed by atoms with Crippen LogP contribution in [0.4, 0.5) is 0 Å². The lowest BCUT2D eigenvalue weighted by molar-refractivity contribution is 0.0701. The zero-order valence-corrected chi connectivity index (χ0v) is 12.4. The summed E-state index contributed by atoms with van der Waals surface area (Å²) >= 11 is 0. The van der Waals surface area contributed by atoms with Crippen LogP contribution in [0.3, 0.4) is 0 Å². The van der Waals surface area contributed by atoms with Gasteiger partial charge in [-0.3, -0.25) is 4.90 Å². The maximum Gasteiger partial charge on any atom is 0.118 e. The molecule has 1 saturated heterocycles. The van der Waals surface area contributed by atoms with E-state index in [-0.39, 0.29) is 0 Å². The van der Waals surface area contributed by atoms with Crippen LogP contribution in [0.2, 0.25) is 0 Å². The van der Waals surface area contributed by atoms with Crippen molar-refractivity contribution in [3.8, 4) is 0 Å². The van der Waals surface area contributed by atoms with Crippen LogP contribution < -0.4 is 5.32 Å². The maximum absolute atomic E-state index is 5.91. The van der Waals surface area contributed by atoms with Gasteiger partial charge in [-0.15, -0.1) is 0 Å². The van der Waals surface area contributed by atoms with Crippen LogP contribution in [0.15, 0.2) is 16.5 Å². The van der Waals surface area contributed by atoms with Crippen LogP contribution in [0.25, 0.3) is 0 Å². The molecular formula is C16H26N2O2. The molecule has 1 unspecified atom stereocenters. The maximum atomic E-state index is 5.91. The fourth-order valence-electron chi connectivity index (χ4n) is 2.74. The molecule has 2 aliphatic rings. The SMILES string of the molecule is CCN(Cc1ccc(CNC2CC2)o1)CC1CCCO1. The second kappa shape index (κ2) is 6.74. The molecule has 1 aromatic heterocycles. The highest BCUT2D eigenvalue weighted by atomic mass is 16.5. The monoisotopic (exact) mass is 278 g/mol. The highest BCUT2D eigenvalue weighted by Crippen LogP contribution is 2.20. The number of hydrogen-bond donors (Lipinski definition) is 1. The van der Waals surface area contributed by atoms with Gasteiger partial charge in [0.05, 0.1) is 19.2 Å². The summed E-state index contributed by atoms with van der Waals surface area (Å²) in [6.45, 7) is 6.94. The van der Waals surface area contributed by atoms with E-state index in [0.717, 1.165) is 50.3 Å². The zero-order valence-electron chi connectivity index (χ0n) is 12.4. The standard InChI is InChI=1S/C16H26N2O2/c1-2-18(11-15-4-3-9-19-15)12-16-8-7-14(20-16)10-17-13-5-6-13/h7-8,13,15,17H,2-6,9-12H2,1H3. The van der Waals surface area contributed by atoms with E-state index in [4.69, 9.17) is 9.15 Å². The van der Waals surface area contributed by atoms with Crippen molar-refractivity contribution >= 4 is 0 Å². The molecule has 3 rings (SSSR count). The lowest BCUT2D eigenvalue weighted by atomic mass is 10.2. The molecule has 0 bridgehead atoms. The lowest BCUT2D eigenvalue weighted by Gasteiger charge is -2.22. The van der Waals surface area contributed by atoms with E-state index in [1.807, 2.05) is 0 Å². The van der Waals surface area contributed by atoms with Gasteiger partial charge in [-0.05, 0) is 44.4 Å². The summed E-state index contributed by atoms with van der Waals surface area (Å²) < 4.78 is 11.6. The summed E-state index contributed by atoms with van der Waals surface area (Å²) in [7, 11) is 0. The van der Waals surface area contributed by atoms with Crippen molar-refractivity contribution < 1.29 is 9.15 Å². The van der Waals surface area contributed by atoms with Crippen LogP contribution in [0, 0.1) is 0 Å². The molecule has 0 spiro atoms. The van der Waals surface area contributed by atoms with Crippen LogP contribution in [-0.4, -0.2) is 36.7 Å². The van der Waals surface area contributed by atoms with Crippen molar-refractivity contribution in [1.29, 1.82) is 0 Å². The molecule has 4 nitrogen and oxygen atoms in total. The topological polar surface area (TPSA) is 37.6 Å². The first-order chi connectivity index (χ1) is 9.83. The van der Waals surface area contributed by atoms with Gasteiger partial charge in [-0.25, -0.2) is 0 Å². The predicted octanol–water partition coefficient (Wildman–Crippen LogP) is 2.53. The molecular weight excluding hydrogens is 252 g/mol. The second-order valence-electron chi connectivity index (χ2n) is 5.99. The van der Waals surface area contributed by atoms with E-state index < -0.39 is 0 Å². The molecule has 1 aliphatic carbocycles. The van der Waals surface area contributed by atoms with Gasteiger partial charge >= 0.3 is 0 Å². The molecule has 1 aromatic rings. The van der Waals surface area contributed by atoms with E-state index in [2.05, 4.69) is 29.3 Å². The van der Waals surface area contributed by atoms with Crippen LogP contribution in [-0.2, 0) is 17.8 Å². The van der Waals surface area contributed by atoms with Gasteiger partial charge in [0.25, 0.3) is 0 Å². The first-order valence-electron chi connectivity index (χ1n) is 7.98. The first-order valence-corrected chi connectivity index (χ1v) is 7.98. The molecule has 112 valence electrons. The number of likely N-dealkylation sites (N-methyl/N-ethyl adjacent to an activating group) is 1. The molecule has 0 radical (unpaired) electrons. The van der Waals surface area contributed by atoms with Crippen LogP contribution in [0.5, 0.6) is 0 Å². The van der Waals surface area contributed by atoms with Crippen molar-refractivity contribution in [3.63, 3.8) is 0 Å². The fraction of sp³-hybridized carbons (Fsp3) is 0.750. The van der Waals surface area contributed by atoms with E-state index in [0.29, 0.717) is 6.10 Å². The highest BCUT2D eigenvalue weighted by Gasteiger charge is 2.21. The minimum absolute atomic E-state index is 0.418. The number of ether oxygens (including phenoxy) is 1. The summed E-state index contributed by atoms with van der Waals surface area (Å²) in [5, 5.41) is 3.48. The fourth-order valence-corrected chi connectivity index (χ4v) is 2.74. The Balaban J connectivity index is 1.46. The Hall–Kier alpha value is -0.840. The van der Waals surface area contributed by atoms with Gasteiger partial charge in [0.15, 0.2) is 0 Å². The molecule has 1 saturated carbocycles. The molecule has 1 atom stereocenters. The Kier molecular flexibility index (Phi) is 4.76. The Labute approximate surface area is 121 Å². The lowest BCUT2D eigenvalue weighted by Crippen LogP contribution is -2.31. The summed E-state index contributed by atoms with van der Waals surface area (Å²) in [4.78, 5) is 2.41. The van der Waals surface area contributed by atoms with Gasteiger partial charge in [0.1, 0.15) is 11.5 Å². The van der Waals surface area contributed by atoms with Crippen LogP contribution >= 0.6 is 0 Å². The average Bonchev–Trinajstić information content (AvgIpc) is 2.96. The van der Waals surface area contributed by atoms with Crippen molar-refractivity contribution in [2.24, 2.45) is 0 Å². The Morgan fingerprint density at radius 1 is 1.25 bits per heavy atom. The second-order valence-corrected chi connectivity index (χ2v) is 5.99. The Bertz CT molecular complexity index is 408. The van der Waals surface area contributed by atoms with Gasteiger partial charge in [-0.1, -0.05) is 6.92 Å². The molecule has 2 heterocycles. The molecule has 0 aromatic carbocycles. The van der Waals surface area contributed by atoms with Crippen molar-refractivity contribution in [1.82, 2.24) is 10.2 Å². The predicted molar refractivity (Wildman–Crippen MR) is 78.5 cm³/mol. The van der Waals surface area contributed by atoms with Crippen molar-refractivity contribution in [3.05, 3.63) is 23.7 Å². The normalized spacial score (nSPS) is 22.8. The summed E-state index contributed by atoms with van der Waals surface area (Å²) in [6, 6.07) is 4.95. The van der Waals surface area contributed by atoms with Crippen LogP contribution in [0.1, 0.15) is 44.1 Å². The molecule has 2 fully saturated rings. The van der Waals surface area contributed by atoms with Crippen molar-refractivity contribution in [2.45, 2.75) is 57.8 Å². The molecule has 0 amide bonds. The smallest absolute Gasteiger partial charge is 0.118 e. The summed E-state index contributed by atoms with van der Waals surface area (Å²) in [6.07, 6.45) is 5.46. The third-order valence-electron chi connectivity index (χ3n) is 4.17. The zero-order chi connectivity index (χ0) is 13.8. The van der Waals surface area contributed by atoms with E-state index in [1.54, 1.807) is 0 Å². The van der Waals surface area contributed by atoms with Gasteiger partial charge in [0.2, 0.25) is 0 Å². The third kappa shape index (κ3) is 4.08. The van der Waals surface area contributed by atoms with Crippen molar-refractivity contribution in [2.75, 3.05) is 19.7 Å².